The zero-order valence-electron chi connectivity index (χ0n) is 15.6. The van der Waals surface area contributed by atoms with E-state index in [0.29, 0.717) is 6.42 Å². The molecule has 0 radical (unpaired) electrons. The Morgan fingerprint density at radius 2 is 1.59 bits per heavy atom. The molecule has 0 aliphatic rings. The van der Waals surface area contributed by atoms with Gasteiger partial charge in [0.05, 0.1) is 0 Å². The molecular formula is C19H28Cl3N3OS. The molecule has 1 aromatic rings. The number of alkyl halides is 3. The zero-order valence-corrected chi connectivity index (χ0v) is 18.7. The maximum Gasteiger partial charge on any atom is 0.228 e. The maximum absolute atomic E-state index is 12.2. The van der Waals surface area contributed by atoms with E-state index in [0.717, 1.165) is 24.9 Å². The van der Waals surface area contributed by atoms with Crippen LogP contribution in [0.5, 0.6) is 0 Å². The monoisotopic (exact) mass is 451 g/mol. The normalized spacial score (nSPS) is 12.3. The fourth-order valence-electron chi connectivity index (χ4n) is 2.50. The highest BCUT2D eigenvalue weighted by Gasteiger charge is 2.34. The van der Waals surface area contributed by atoms with E-state index < -0.39 is 9.96 Å². The van der Waals surface area contributed by atoms with Gasteiger partial charge in [-0.05, 0) is 30.8 Å². The second-order valence-corrected chi connectivity index (χ2v) is 9.16. The van der Waals surface area contributed by atoms with Crippen LogP contribution in [-0.4, -0.2) is 21.0 Å². The third-order valence-corrected chi connectivity index (χ3v) is 4.82. The van der Waals surface area contributed by atoms with E-state index in [9.17, 15) is 4.79 Å². The van der Waals surface area contributed by atoms with Crippen molar-refractivity contribution >= 4 is 63.7 Å². The smallest absolute Gasteiger partial charge is 0.228 e. The van der Waals surface area contributed by atoms with Crippen molar-refractivity contribution < 1.29 is 4.79 Å². The summed E-state index contributed by atoms with van der Waals surface area (Å²) < 4.78 is -1.74. The van der Waals surface area contributed by atoms with E-state index in [1.165, 1.54) is 25.7 Å². The number of nitrogens with one attached hydrogen (secondary N) is 3. The van der Waals surface area contributed by atoms with Crippen LogP contribution >= 0.6 is 47.0 Å². The number of carbonyl (C=O) groups excluding carboxylic acids is 1. The molecule has 0 saturated heterocycles. The molecule has 0 aliphatic heterocycles. The van der Waals surface area contributed by atoms with Crippen molar-refractivity contribution in [1.82, 2.24) is 10.6 Å². The molecule has 0 bridgehead atoms. The summed E-state index contributed by atoms with van der Waals surface area (Å²) in [6.45, 7) is 2.19. The Bertz CT molecular complexity index is 567. The van der Waals surface area contributed by atoms with Crippen LogP contribution in [0.4, 0.5) is 5.69 Å². The van der Waals surface area contributed by atoms with Crippen LogP contribution in [0.2, 0.25) is 0 Å². The van der Waals surface area contributed by atoms with Gasteiger partial charge in [0.2, 0.25) is 9.70 Å². The van der Waals surface area contributed by atoms with Crippen molar-refractivity contribution in [2.45, 2.75) is 68.2 Å². The van der Waals surface area contributed by atoms with Crippen LogP contribution in [0.1, 0.15) is 58.3 Å². The molecular weight excluding hydrogens is 425 g/mol. The Labute approximate surface area is 182 Å². The Kier molecular flexibility index (Phi) is 12.1. The van der Waals surface area contributed by atoms with Gasteiger partial charge in [0.1, 0.15) is 6.17 Å². The molecule has 1 amide bonds. The number of unbranched alkanes of at least 4 members (excludes halogenated alkanes) is 6. The van der Waals surface area contributed by atoms with Crippen molar-refractivity contribution in [3.63, 3.8) is 0 Å². The number of halogens is 3. The fourth-order valence-corrected chi connectivity index (χ4v) is 3.06. The standard InChI is InChI=1S/C19H28Cl3N3OS/c1-2-3-4-5-6-7-11-14-16(26)24-17(19(20,21)22)25-18(27)23-15-12-9-8-10-13-15/h8-10,12-13,17H,2-7,11,14H2,1H3,(H,24,26)(H2,23,25,27)/t17-/m1/s1. The highest BCUT2D eigenvalue weighted by atomic mass is 35.6. The highest BCUT2D eigenvalue weighted by molar-refractivity contribution is 7.80. The van der Waals surface area contributed by atoms with Crippen LogP contribution in [0.3, 0.4) is 0 Å². The van der Waals surface area contributed by atoms with Gasteiger partial charge in [-0.3, -0.25) is 4.79 Å². The minimum Gasteiger partial charge on any atom is -0.339 e. The molecule has 4 nitrogen and oxygen atoms in total. The van der Waals surface area contributed by atoms with E-state index >= 15 is 0 Å². The van der Waals surface area contributed by atoms with E-state index in [4.69, 9.17) is 47.0 Å². The first-order valence-corrected chi connectivity index (χ1v) is 10.9. The second kappa shape index (κ2) is 13.4. The summed E-state index contributed by atoms with van der Waals surface area (Å²) in [6, 6.07) is 9.37. The summed E-state index contributed by atoms with van der Waals surface area (Å²) in [5.41, 5.74) is 0.799. The lowest BCUT2D eigenvalue weighted by molar-refractivity contribution is -0.122. The number of thiocarbonyl (C=S) groups is 1. The molecule has 1 atom stereocenters. The van der Waals surface area contributed by atoms with Crippen LogP contribution < -0.4 is 16.0 Å². The molecule has 1 aromatic carbocycles. The second-order valence-electron chi connectivity index (χ2n) is 6.38. The lowest BCUT2D eigenvalue weighted by atomic mass is 10.1. The van der Waals surface area contributed by atoms with Gasteiger partial charge >= 0.3 is 0 Å². The van der Waals surface area contributed by atoms with E-state index in [2.05, 4.69) is 22.9 Å². The minimum atomic E-state index is -1.74. The number of benzene rings is 1. The van der Waals surface area contributed by atoms with Gasteiger partial charge in [-0.2, -0.15) is 0 Å². The summed E-state index contributed by atoms with van der Waals surface area (Å²) in [7, 11) is 0. The van der Waals surface area contributed by atoms with E-state index in [-0.39, 0.29) is 11.0 Å². The van der Waals surface area contributed by atoms with Gasteiger partial charge in [-0.25, -0.2) is 0 Å². The molecule has 0 saturated carbocycles. The number of amides is 1. The lowest BCUT2D eigenvalue weighted by Crippen LogP contribution is -2.56. The molecule has 0 heterocycles. The van der Waals surface area contributed by atoms with Gasteiger partial charge < -0.3 is 16.0 Å². The quantitative estimate of drug-likeness (QED) is 0.169. The molecule has 0 aromatic heterocycles. The molecule has 3 N–H and O–H groups in total. The van der Waals surface area contributed by atoms with E-state index in [1.807, 2.05) is 30.3 Å². The molecule has 0 aliphatic carbocycles. The summed E-state index contributed by atoms with van der Waals surface area (Å²) in [5.74, 6) is -0.171. The largest absolute Gasteiger partial charge is 0.339 e. The maximum atomic E-state index is 12.2. The number of anilines is 1. The molecule has 0 spiro atoms. The predicted octanol–water partition coefficient (Wildman–Crippen LogP) is 5.93. The third-order valence-electron chi connectivity index (χ3n) is 3.95. The van der Waals surface area contributed by atoms with Crippen molar-refractivity contribution in [1.29, 1.82) is 0 Å². The fraction of sp³-hybridized carbons (Fsp3) is 0.579. The topological polar surface area (TPSA) is 53.2 Å². The summed E-state index contributed by atoms with van der Waals surface area (Å²) >= 11 is 23.2. The summed E-state index contributed by atoms with van der Waals surface area (Å²) in [4.78, 5) is 12.2. The summed E-state index contributed by atoms with van der Waals surface area (Å²) in [6.07, 6.45) is 7.43. The van der Waals surface area contributed by atoms with Crippen LogP contribution in [0.25, 0.3) is 0 Å². The van der Waals surface area contributed by atoms with Gasteiger partial charge in [0.25, 0.3) is 0 Å². The lowest BCUT2D eigenvalue weighted by Gasteiger charge is -2.27. The first kappa shape index (κ1) is 24.3. The summed E-state index contributed by atoms with van der Waals surface area (Å²) in [5, 5.41) is 8.81. The van der Waals surface area contributed by atoms with Gasteiger partial charge in [-0.15, -0.1) is 0 Å². The highest BCUT2D eigenvalue weighted by Crippen LogP contribution is 2.29. The van der Waals surface area contributed by atoms with Crippen LogP contribution in [0, 0.1) is 0 Å². The molecule has 8 heteroatoms. The van der Waals surface area contributed by atoms with Crippen molar-refractivity contribution in [3.05, 3.63) is 30.3 Å². The van der Waals surface area contributed by atoms with Gasteiger partial charge in [0.15, 0.2) is 5.11 Å². The van der Waals surface area contributed by atoms with Crippen molar-refractivity contribution in [2.75, 3.05) is 5.32 Å². The molecule has 27 heavy (non-hydrogen) atoms. The molecule has 1 rings (SSSR count). The number of carbonyl (C=O) groups is 1. The Morgan fingerprint density at radius 1 is 1.00 bits per heavy atom. The van der Waals surface area contributed by atoms with E-state index in [1.54, 1.807) is 0 Å². The number of para-hydroxylation sites is 1. The zero-order chi connectivity index (χ0) is 20.1. The Morgan fingerprint density at radius 3 is 2.19 bits per heavy atom. The molecule has 152 valence electrons. The number of rotatable bonds is 11. The third kappa shape index (κ3) is 11.6. The first-order chi connectivity index (χ1) is 12.8. The van der Waals surface area contributed by atoms with Crippen LogP contribution in [-0.2, 0) is 4.79 Å². The Hall–Kier alpha value is -0.750. The van der Waals surface area contributed by atoms with Crippen molar-refractivity contribution in [3.8, 4) is 0 Å². The first-order valence-electron chi connectivity index (χ1n) is 9.31. The van der Waals surface area contributed by atoms with Gasteiger partial charge in [0, 0.05) is 12.1 Å². The molecule has 0 fully saturated rings. The molecule has 0 unspecified atom stereocenters. The number of hydrogen-bond donors (Lipinski definition) is 3. The average Bonchev–Trinajstić information content (AvgIpc) is 2.60. The average molecular weight is 453 g/mol. The van der Waals surface area contributed by atoms with Crippen molar-refractivity contribution in [2.24, 2.45) is 0 Å². The number of hydrogen-bond acceptors (Lipinski definition) is 2. The minimum absolute atomic E-state index is 0.171. The SMILES string of the molecule is CCCCCCCCCC(=O)N[C@H](NC(=S)Nc1ccccc1)C(Cl)(Cl)Cl. The predicted molar refractivity (Wildman–Crippen MR) is 121 cm³/mol. The Balaban J connectivity index is 2.38. The van der Waals surface area contributed by atoms with Crippen LogP contribution in [0.15, 0.2) is 30.3 Å². The van der Waals surface area contributed by atoms with Gasteiger partial charge in [-0.1, -0.05) is 98.5 Å².